The van der Waals surface area contributed by atoms with Crippen molar-refractivity contribution in [3.8, 4) is 0 Å². The number of carbonyl (C=O) groups is 1. The number of aliphatic hydroxyl groups is 1. The van der Waals surface area contributed by atoms with Gasteiger partial charge in [-0.25, -0.2) is 4.79 Å². The third-order valence-corrected chi connectivity index (χ3v) is 3.31. The summed E-state index contributed by atoms with van der Waals surface area (Å²) in [6.07, 6.45) is 0.659. The lowest BCUT2D eigenvalue weighted by molar-refractivity contribution is 0.209. The first-order chi connectivity index (χ1) is 8.63. The van der Waals surface area contributed by atoms with Gasteiger partial charge < -0.3 is 10.0 Å². The van der Waals surface area contributed by atoms with Crippen LogP contribution in [-0.4, -0.2) is 41.8 Å². The third-order valence-electron chi connectivity index (χ3n) is 3.31. The van der Waals surface area contributed by atoms with E-state index >= 15 is 0 Å². The molecule has 1 aromatic rings. The van der Waals surface area contributed by atoms with E-state index in [0.717, 1.165) is 24.3 Å². The topological polar surface area (TPSA) is 43.8 Å². The highest BCUT2D eigenvalue weighted by Gasteiger charge is 2.30. The molecule has 1 heterocycles. The van der Waals surface area contributed by atoms with Crippen LogP contribution < -0.4 is 4.90 Å². The molecule has 0 spiro atoms. The molecule has 0 radical (unpaired) electrons. The Morgan fingerprint density at radius 1 is 1.22 bits per heavy atom. The van der Waals surface area contributed by atoms with Gasteiger partial charge in [0.2, 0.25) is 0 Å². The van der Waals surface area contributed by atoms with Gasteiger partial charge in [-0.15, -0.1) is 0 Å². The standard InChI is InChI=1S/C14H20N2O2/c1-11(2)15-8-9-16(14(15)18)13-5-3-12(4-6-13)7-10-17/h3-6,11,17H,7-10H2,1-2H3. The van der Waals surface area contributed by atoms with Gasteiger partial charge in [0.05, 0.1) is 0 Å². The maximum atomic E-state index is 12.2. The number of amides is 2. The zero-order valence-electron chi connectivity index (χ0n) is 11.0. The average Bonchev–Trinajstić information content (AvgIpc) is 2.73. The quantitative estimate of drug-likeness (QED) is 0.884. The number of rotatable bonds is 4. The van der Waals surface area contributed by atoms with Gasteiger partial charge in [0.25, 0.3) is 0 Å². The summed E-state index contributed by atoms with van der Waals surface area (Å²) in [5.74, 6) is 0. The molecule has 0 bridgehead atoms. The van der Waals surface area contributed by atoms with Crippen LogP contribution in [-0.2, 0) is 6.42 Å². The van der Waals surface area contributed by atoms with Crippen LogP contribution in [0.25, 0.3) is 0 Å². The molecule has 1 saturated heterocycles. The molecule has 1 N–H and O–H groups in total. The number of nitrogens with zero attached hydrogens (tertiary/aromatic N) is 2. The minimum atomic E-state index is 0.0832. The minimum Gasteiger partial charge on any atom is -0.396 e. The monoisotopic (exact) mass is 248 g/mol. The lowest BCUT2D eigenvalue weighted by Gasteiger charge is -2.21. The number of urea groups is 1. The Balaban J connectivity index is 2.11. The lowest BCUT2D eigenvalue weighted by atomic mass is 10.1. The summed E-state index contributed by atoms with van der Waals surface area (Å²) >= 11 is 0. The minimum absolute atomic E-state index is 0.0832. The molecular formula is C14H20N2O2. The molecular weight excluding hydrogens is 228 g/mol. The normalized spacial score (nSPS) is 15.9. The van der Waals surface area contributed by atoms with E-state index in [-0.39, 0.29) is 18.7 Å². The van der Waals surface area contributed by atoms with E-state index in [1.165, 1.54) is 0 Å². The fourth-order valence-electron chi connectivity index (χ4n) is 2.24. The van der Waals surface area contributed by atoms with Crippen molar-refractivity contribution in [2.75, 3.05) is 24.6 Å². The predicted octanol–water partition coefficient (Wildman–Crippen LogP) is 1.87. The fourth-order valence-corrected chi connectivity index (χ4v) is 2.24. The molecule has 0 saturated carbocycles. The number of anilines is 1. The van der Waals surface area contributed by atoms with E-state index in [2.05, 4.69) is 0 Å². The van der Waals surface area contributed by atoms with Gasteiger partial charge in [-0.05, 0) is 38.0 Å². The molecule has 4 heteroatoms. The molecule has 0 atom stereocenters. The maximum Gasteiger partial charge on any atom is 0.324 e. The van der Waals surface area contributed by atoms with Gasteiger partial charge in [-0.3, -0.25) is 4.90 Å². The first-order valence-electron chi connectivity index (χ1n) is 6.41. The van der Waals surface area contributed by atoms with Crippen molar-refractivity contribution in [2.24, 2.45) is 0 Å². The molecule has 1 aromatic carbocycles. The molecule has 2 rings (SSSR count). The van der Waals surface area contributed by atoms with Gasteiger partial charge >= 0.3 is 6.03 Å². The van der Waals surface area contributed by atoms with Gasteiger partial charge in [0.15, 0.2) is 0 Å². The lowest BCUT2D eigenvalue weighted by Crippen LogP contribution is -2.36. The van der Waals surface area contributed by atoms with Crippen LogP contribution in [0.5, 0.6) is 0 Å². The number of hydrogen-bond acceptors (Lipinski definition) is 2. The zero-order valence-corrected chi connectivity index (χ0v) is 11.0. The smallest absolute Gasteiger partial charge is 0.324 e. The van der Waals surface area contributed by atoms with E-state index in [1.54, 1.807) is 0 Å². The summed E-state index contributed by atoms with van der Waals surface area (Å²) in [6.45, 7) is 5.76. The summed E-state index contributed by atoms with van der Waals surface area (Å²) < 4.78 is 0. The molecule has 1 aliphatic heterocycles. The van der Waals surface area contributed by atoms with E-state index < -0.39 is 0 Å². The molecule has 98 valence electrons. The van der Waals surface area contributed by atoms with Crippen molar-refractivity contribution in [1.29, 1.82) is 0 Å². The molecule has 1 aliphatic rings. The van der Waals surface area contributed by atoms with E-state index in [9.17, 15) is 4.79 Å². The molecule has 1 fully saturated rings. The summed E-state index contributed by atoms with van der Waals surface area (Å²) in [5, 5.41) is 8.87. The van der Waals surface area contributed by atoms with Crippen molar-refractivity contribution < 1.29 is 9.90 Å². The first kappa shape index (κ1) is 12.9. The van der Waals surface area contributed by atoms with E-state index in [4.69, 9.17) is 5.11 Å². The fraction of sp³-hybridized carbons (Fsp3) is 0.500. The third kappa shape index (κ3) is 2.48. The Bertz CT molecular complexity index is 414. The van der Waals surface area contributed by atoms with Crippen molar-refractivity contribution in [2.45, 2.75) is 26.3 Å². The summed E-state index contributed by atoms with van der Waals surface area (Å²) in [6, 6.07) is 8.17. The Kier molecular flexibility index (Phi) is 3.87. The molecule has 18 heavy (non-hydrogen) atoms. The summed E-state index contributed by atoms with van der Waals surface area (Å²) in [5.41, 5.74) is 2.03. The molecule has 0 aliphatic carbocycles. The van der Waals surface area contributed by atoms with Crippen LogP contribution >= 0.6 is 0 Å². The highest BCUT2D eigenvalue weighted by molar-refractivity contribution is 5.94. The van der Waals surface area contributed by atoms with Gasteiger partial charge in [-0.1, -0.05) is 12.1 Å². The number of hydrogen-bond donors (Lipinski definition) is 1. The zero-order chi connectivity index (χ0) is 13.1. The Morgan fingerprint density at radius 3 is 2.39 bits per heavy atom. The van der Waals surface area contributed by atoms with Gasteiger partial charge in [-0.2, -0.15) is 0 Å². The second-order valence-corrected chi connectivity index (χ2v) is 4.86. The van der Waals surface area contributed by atoms with Crippen LogP contribution in [0.3, 0.4) is 0 Å². The van der Waals surface area contributed by atoms with Crippen molar-refractivity contribution in [1.82, 2.24) is 4.90 Å². The van der Waals surface area contributed by atoms with Gasteiger partial charge in [0.1, 0.15) is 0 Å². The highest BCUT2D eigenvalue weighted by atomic mass is 16.3. The summed E-state index contributed by atoms with van der Waals surface area (Å²) in [7, 11) is 0. The van der Waals surface area contributed by atoms with Crippen LogP contribution in [0.4, 0.5) is 10.5 Å². The van der Waals surface area contributed by atoms with Crippen molar-refractivity contribution >= 4 is 11.7 Å². The van der Waals surface area contributed by atoms with E-state index in [1.807, 2.05) is 47.9 Å². The second kappa shape index (κ2) is 5.40. The largest absolute Gasteiger partial charge is 0.396 e. The molecule has 0 aromatic heterocycles. The van der Waals surface area contributed by atoms with Crippen molar-refractivity contribution in [3.05, 3.63) is 29.8 Å². The SMILES string of the molecule is CC(C)N1CCN(c2ccc(CCO)cc2)C1=O. The number of benzene rings is 1. The van der Waals surface area contributed by atoms with E-state index in [0.29, 0.717) is 6.42 Å². The van der Waals surface area contributed by atoms with Crippen LogP contribution in [0.2, 0.25) is 0 Å². The first-order valence-corrected chi connectivity index (χ1v) is 6.41. The molecule has 2 amide bonds. The molecule has 0 unspecified atom stereocenters. The van der Waals surface area contributed by atoms with Gasteiger partial charge in [0, 0.05) is 31.4 Å². The number of carbonyl (C=O) groups excluding carboxylic acids is 1. The highest BCUT2D eigenvalue weighted by Crippen LogP contribution is 2.22. The summed E-state index contributed by atoms with van der Waals surface area (Å²) in [4.78, 5) is 15.9. The van der Waals surface area contributed by atoms with Crippen LogP contribution in [0.1, 0.15) is 19.4 Å². The average molecular weight is 248 g/mol. The van der Waals surface area contributed by atoms with Crippen LogP contribution in [0, 0.1) is 0 Å². The second-order valence-electron chi connectivity index (χ2n) is 4.86. The van der Waals surface area contributed by atoms with Crippen LogP contribution in [0.15, 0.2) is 24.3 Å². The number of aliphatic hydroxyl groups excluding tert-OH is 1. The Morgan fingerprint density at radius 2 is 1.89 bits per heavy atom. The van der Waals surface area contributed by atoms with Crippen molar-refractivity contribution in [3.63, 3.8) is 0 Å². The Labute approximate surface area is 108 Å². The maximum absolute atomic E-state index is 12.2. The predicted molar refractivity (Wildman–Crippen MR) is 71.8 cm³/mol. The Hall–Kier alpha value is -1.55. The molecule has 4 nitrogen and oxygen atoms in total.